The van der Waals surface area contributed by atoms with Crippen LogP contribution in [-0.4, -0.2) is 29.1 Å². The monoisotopic (exact) mass is 263 g/mol. The molecule has 6 heteroatoms. The average molecular weight is 263 g/mol. The number of benzene rings is 1. The smallest absolute Gasteiger partial charge is 0.320 e. The summed E-state index contributed by atoms with van der Waals surface area (Å²) < 4.78 is 5.47. The normalized spacial score (nSPS) is 14.5. The van der Waals surface area contributed by atoms with E-state index >= 15 is 0 Å². The van der Waals surface area contributed by atoms with E-state index in [1.165, 1.54) is 0 Å². The Bertz CT molecular complexity index is 594. The Balaban J connectivity index is 2.27. The van der Waals surface area contributed by atoms with Crippen LogP contribution in [0.4, 0.5) is 0 Å². The van der Waals surface area contributed by atoms with Gasteiger partial charge in [0.1, 0.15) is 11.6 Å². The number of rotatable bonds is 5. The van der Waals surface area contributed by atoms with E-state index in [-0.39, 0.29) is 6.04 Å². The lowest BCUT2D eigenvalue weighted by molar-refractivity contribution is -0.138. The van der Waals surface area contributed by atoms with Crippen molar-refractivity contribution in [3.05, 3.63) is 29.7 Å². The molecule has 0 saturated heterocycles. The van der Waals surface area contributed by atoms with Crippen molar-refractivity contribution in [1.82, 2.24) is 10.3 Å². The van der Waals surface area contributed by atoms with Crippen LogP contribution in [0.1, 0.15) is 23.9 Å². The van der Waals surface area contributed by atoms with Crippen molar-refractivity contribution < 1.29 is 14.3 Å². The molecule has 2 unspecified atom stereocenters. The van der Waals surface area contributed by atoms with Gasteiger partial charge in [0.25, 0.3) is 0 Å². The van der Waals surface area contributed by atoms with Gasteiger partial charge in [-0.3, -0.25) is 4.79 Å². The van der Waals surface area contributed by atoms with E-state index in [0.29, 0.717) is 17.9 Å². The zero-order valence-corrected chi connectivity index (χ0v) is 10.9. The number of carboxylic acid groups (broad SMARTS) is 1. The third-order valence-electron chi connectivity index (χ3n) is 3.08. The van der Waals surface area contributed by atoms with Crippen LogP contribution in [0, 0.1) is 6.92 Å². The highest BCUT2D eigenvalue weighted by Crippen LogP contribution is 2.23. The summed E-state index contributed by atoms with van der Waals surface area (Å²) in [6.45, 7) is 1.79. The van der Waals surface area contributed by atoms with Crippen molar-refractivity contribution in [3.63, 3.8) is 0 Å². The van der Waals surface area contributed by atoms with Gasteiger partial charge in [0.2, 0.25) is 0 Å². The predicted molar refractivity (Wildman–Crippen MR) is 70.8 cm³/mol. The number of carboxylic acids is 1. The van der Waals surface area contributed by atoms with Gasteiger partial charge in [-0.05, 0) is 31.2 Å². The van der Waals surface area contributed by atoms with Crippen LogP contribution in [0.25, 0.3) is 11.1 Å². The molecular weight excluding hydrogens is 246 g/mol. The topological polar surface area (TPSA) is 101 Å². The van der Waals surface area contributed by atoms with Crippen LogP contribution < -0.4 is 11.1 Å². The van der Waals surface area contributed by atoms with Crippen molar-refractivity contribution >= 4 is 17.1 Å². The molecule has 0 saturated carbocycles. The van der Waals surface area contributed by atoms with E-state index in [1.807, 2.05) is 18.2 Å². The Morgan fingerprint density at radius 2 is 2.32 bits per heavy atom. The largest absolute Gasteiger partial charge is 0.480 e. The predicted octanol–water partition coefficient (Wildman–Crippen LogP) is 1.20. The number of nitrogens with two attached hydrogens (primary N) is 1. The summed E-state index contributed by atoms with van der Waals surface area (Å²) >= 11 is 0. The zero-order valence-electron chi connectivity index (χ0n) is 10.9. The second-order valence-corrected chi connectivity index (χ2v) is 4.48. The summed E-state index contributed by atoms with van der Waals surface area (Å²) in [5, 5.41) is 11.9. The molecule has 0 radical (unpaired) electrons. The van der Waals surface area contributed by atoms with Gasteiger partial charge in [-0.15, -0.1) is 0 Å². The molecule has 19 heavy (non-hydrogen) atoms. The van der Waals surface area contributed by atoms with Crippen LogP contribution >= 0.6 is 0 Å². The number of hydrogen-bond acceptors (Lipinski definition) is 5. The van der Waals surface area contributed by atoms with E-state index in [0.717, 1.165) is 11.1 Å². The number of carbonyl (C=O) groups is 1. The van der Waals surface area contributed by atoms with E-state index < -0.39 is 12.0 Å². The van der Waals surface area contributed by atoms with Gasteiger partial charge < -0.3 is 20.6 Å². The fourth-order valence-electron chi connectivity index (χ4n) is 2.05. The lowest BCUT2D eigenvalue weighted by atomic mass is 9.99. The van der Waals surface area contributed by atoms with Crippen LogP contribution in [0.2, 0.25) is 0 Å². The van der Waals surface area contributed by atoms with Gasteiger partial charge in [0, 0.05) is 13.0 Å². The minimum Gasteiger partial charge on any atom is -0.480 e. The number of aliphatic carboxylic acids is 1. The third-order valence-corrected chi connectivity index (χ3v) is 3.08. The summed E-state index contributed by atoms with van der Waals surface area (Å²) in [6, 6.07) is 4.59. The third kappa shape index (κ3) is 2.91. The first kappa shape index (κ1) is 13.5. The van der Waals surface area contributed by atoms with Crippen LogP contribution in [0.3, 0.4) is 0 Å². The molecule has 0 aliphatic heterocycles. The van der Waals surface area contributed by atoms with Gasteiger partial charge in [0.05, 0.1) is 0 Å². The molecule has 0 aliphatic carbocycles. The van der Waals surface area contributed by atoms with Crippen molar-refractivity contribution in [3.8, 4) is 0 Å². The van der Waals surface area contributed by atoms with Gasteiger partial charge in [0.15, 0.2) is 11.5 Å². The lowest BCUT2D eigenvalue weighted by Crippen LogP contribution is -2.34. The Morgan fingerprint density at radius 1 is 1.58 bits per heavy atom. The summed E-state index contributed by atoms with van der Waals surface area (Å²) in [5.41, 5.74) is 7.99. The molecule has 1 aromatic heterocycles. The maximum atomic E-state index is 10.8. The molecule has 2 aromatic rings. The average Bonchev–Trinajstić information content (AvgIpc) is 2.74. The molecule has 0 amide bonds. The summed E-state index contributed by atoms with van der Waals surface area (Å²) in [4.78, 5) is 15.0. The van der Waals surface area contributed by atoms with Gasteiger partial charge in [-0.25, -0.2) is 4.98 Å². The Labute approximate surface area is 110 Å². The molecule has 0 spiro atoms. The summed E-state index contributed by atoms with van der Waals surface area (Å²) in [7, 11) is 1.77. The van der Waals surface area contributed by atoms with Crippen LogP contribution in [-0.2, 0) is 4.79 Å². The van der Waals surface area contributed by atoms with Crippen LogP contribution in [0.15, 0.2) is 22.6 Å². The van der Waals surface area contributed by atoms with E-state index in [1.54, 1.807) is 14.0 Å². The quantitative estimate of drug-likeness (QED) is 0.749. The van der Waals surface area contributed by atoms with Crippen LogP contribution in [0.5, 0.6) is 0 Å². The minimum atomic E-state index is -1.00. The maximum Gasteiger partial charge on any atom is 0.320 e. The van der Waals surface area contributed by atoms with E-state index in [4.69, 9.17) is 15.3 Å². The molecule has 4 N–H and O–H groups in total. The lowest BCUT2D eigenvalue weighted by Gasteiger charge is -2.18. The second-order valence-electron chi connectivity index (χ2n) is 4.48. The van der Waals surface area contributed by atoms with Crippen molar-refractivity contribution in [2.75, 3.05) is 7.05 Å². The number of fused-ring (bicyclic) bond motifs is 1. The first-order valence-corrected chi connectivity index (χ1v) is 6.04. The Morgan fingerprint density at radius 3 is 2.95 bits per heavy atom. The zero-order chi connectivity index (χ0) is 14.0. The molecule has 1 aromatic carbocycles. The number of nitrogens with one attached hydrogen (secondary N) is 1. The molecule has 2 atom stereocenters. The van der Waals surface area contributed by atoms with E-state index in [2.05, 4.69) is 10.3 Å². The van der Waals surface area contributed by atoms with Gasteiger partial charge >= 0.3 is 5.97 Å². The number of hydrogen-bond donors (Lipinski definition) is 3. The molecule has 6 nitrogen and oxygen atoms in total. The molecule has 0 fully saturated rings. The van der Waals surface area contributed by atoms with Crippen molar-refractivity contribution in [1.29, 1.82) is 0 Å². The summed E-state index contributed by atoms with van der Waals surface area (Å²) in [6.07, 6.45) is 0.310. The highest BCUT2D eigenvalue weighted by atomic mass is 16.4. The van der Waals surface area contributed by atoms with Gasteiger partial charge in [-0.1, -0.05) is 6.07 Å². The summed E-state index contributed by atoms with van der Waals surface area (Å²) in [5.74, 6) is -0.396. The molecule has 0 aliphatic rings. The minimum absolute atomic E-state index is 0.138. The highest BCUT2D eigenvalue weighted by molar-refractivity contribution is 5.74. The van der Waals surface area contributed by atoms with Crippen molar-refractivity contribution in [2.24, 2.45) is 5.73 Å². The first-order chi connectivity index (χ1) is 9.01. The maximum absolute atomic E-state index is 10.8. The Kier molecular flexibility index (Phi) is 3.82. The standard InChI is InChI=1S/C13H17N3O3/c1-7-16-10-4-3-8(5-12(10)19-7)11(15-2)6-9(14)13(17)18/h3-5,9,11,15H,6,14H2,1-2H3,(H,17,18). The number of aryl methyl sites for hydroxylation is 1. The second kappa shape index (κ2) is 5.38. The molecular formula is C13H17N3O3. The van der Waals surface area contributed by atoms with Crippen molar-refractivity contribution in [2.45, 2.75) is 25.4 Å². The van der Waals surface area contributed by atoms with E-state index in [9.17, 15) is 4.79 Å². The molecule has 1 heterocycles. The fraction of sp³-hybridized carbons (Fsp3) is 0.385. The highest BCUT2D eigenvalue weighted by Gasteiger charge is 2.19. The van der Waals surface area contributed by atoms with Gasteiger partial charge in [-0.2, -0.15) is 0 Å². The molecule has 102 valence electrons. The Hall–Kier alpha value is -1.92. The SMILES string of the molecule is CNC(CC(N)C(=O)O)c1ccc2nc(C)oc2c1. The number of nitrogens with zero attached hydrogens (tertiary/aromatic N) is 1. The number of aromatic nitrogens is 1. The molecule has 0 bridgehead atoms. The fourth-order valence-corrected chi connectivity index (χ4v) is 2.05. The first-order valence-electron chi connectivity index (χ1n) is 6.04. The number of oxazole rings is 1. The molecule has 2 rings (SSSR count).